The first-order valence-electron chi connectivity index (χ1n) is 7.33. The van der Waals surface area contributed by atoms with E-state index >= 15 is 0 Å². The van der Waals surface area contributed by atoms with E-state index in [2.05, 4.69) is 27.1 Å². The summed E-state index contributed by atoms with van der Waals surface area (Å²) in [6, 6.07) is 15.9. The van der Waals surface area contributed by atoms with Gasteiger partial charge in [-0.05, 0) is 23.8 Å². The Balaban J connectivity index is 1.73. The lowest BCUT2D eigenvalue weighted by molar-refractivity contribution is 0.567. The molecule has 0 spiro atoms. The second-order valence-corrected chi connectivity index (χ2v) is 5.10. The first kappa shape index (κ1) is 13.5. The Hall–Kier alpha value is -3.21. The topological polar surface area (TPSA) is 56.7 Å². The third kappa shape index (κ3) is 2.64. The normalized spacial score (nSPS) is 10.8. The van der Waals surface area contributed by atoms with Crippen LogP contribution < -0.4 is 0 Å². The first-order valence-corrected chi connectivity index (χ1v) is 7.33. The molecule has 4 rings (SSSR count). The predicted octanol–water partition coefficient (Wildman–Crippen LogP) is 3.51. The summed E-state index contributed by atoms with van der Waals surface area (Å²) < 4.78 is 7.55. The molecule has 0 N–H and O–H groups in total. The van der Waals surface area contributed by atoms with Crippen LogP contribution >= 0.6 is 0 Å². The minimum absolute atomic E-state index is 0.606. The lowest BCUT2D eigenvalue weighted by Crippen LogP contribution is -2.01. The van der Waals surface area contributed by atoms with Gasteiger partial charge in [-0.25, -0.2) is 15.0 Å². The smallest absolute Gasteiger partial charge is 0.234 e. The Morgan fingerprint density at radius 2 is 1.70 bits per heavy atom. The van der Waals surface area contributed by atoms with E-state index in [-0.39, 0.29) is 0 Å². The summed E-state index contributed by atoms with van der Waals surface area (Å²) in [7, 11) is 0. The molecule has 0 radical (unpaired) electrons. The van der Waals surface area contributed by atoms with Crippen LogP contribution in [0.25, 0.3) is 17.4 Å². The van der Waals surface area contributed by atoms with Gasteiger partial charge in [0.1, 0.15) is 0 Å². The molecule has 0 aliphatic heterocycles. The molecule has 23 heavy (non-hydrogen) atoms. The van der Waals surface area contributed by atoms with Crippen molar-refractivity contribution in [3.8, 4) is 17.4 Å². The highest BCUT2D eigenvalue weighted by Crippen LogP contribution is 2.27. The highest BCUT2D eigenvalue weighted by molar-refractivity contribution is 5.58. The summed E-state index contributed by atoms with van der Waals surface area (Å²) in [4.78, 5) is 13.0. The molecule has 4 aromatic rings. The van der Waals surface area contributed by atoms with Crippen molar-refractivity contribution in [1.29, 1.82) is 0 Å². The molecule has 1 aromatic carbocycles. The number of benzene rings is 1. The molecule has 0 amide bonds. The number of oxazole rings is 1. The van der Waals surface area contributed by atoms with Crippen molar-refractivity contribution in [3.05, 3.63) is 84.8 Å². The molecule has 0 unspecified atom stereocenters. The van der Waals surface area contributed by atoms with Crippen molar-refractivity contribution in [3.63, 3.8) is 0 Å². The standard InChI is InChI=1S/C18H14N4O/c1-2-6-14(7-3-1)12-15-17(23-13-21-15)16-8-4-11-22(16)18-19-9-5-10-20-18/h1-11,13H,12H2. The Kier molecular flexibility index (Phi) is 3.44. The van der Waals surface area contributed by atoms with Crippen molar-refractivity contribution in [2.45, 2.75) is 6.42 Å². The van der Waals surface area contributed by atoms with Crippen molar-refractivity contribution in [2.24, 2.45) is 0 Å². The van der Waals surface area contributed by atoms with Crippen LogP contribution in [0, 0.1) is 0 Å². The summed E-state index contributed by atoms with van der Waals surface area (Å²) in [5.41, 5.74) is 2.98. The lowest BCUT2D eigenvalue weighted by atomic mass is 10.1. The van der Waals surface area contributed by atoms with Gasteiger partial charge in [-0.15, -0.1) is 0 Å². The molecule has 0 aliphatic rings. The van der Waals surface area contributed by atoms with E-state index in [1.165, 1.54) is 12.0 Å². The SMILES string of the molecule is c1ccc(Cc2ncoc2-c2cccn2-c2ncccn2)cc1. The van der Waals surface area contributed by atoms with Gasteiger partial charge in [0.25, 0.3) is 0 Å². The van der Waals surface area contributed by atoms with E-state index in [9.17, 15) is 0 Å². The first-order chi connectivity index (χ1) is 11.4. The Morgan fingerprint density at radius 1 is 0.870 bits per heavy atom. The van der Waals surface area contributed by atoms with Crippen LogP contribution in [0.2, 0.25) is 0 Å². The molecule has 0 saturated heterocycles. The maximum absolute atomic E-state index is 5.66. The maximum atomic E-state index is 5.66. The second-order valence-electron chi connectivity index (χ2n) is 5.10. The zero-order valence-electron chi connectivity index (χ0n) is 12.3. The minimum Gasteiger partial charge on any atom is -0.442 e. The van der Waals surface area contributed by atoms with Gasteiger partial charge in [-0.3, -0.25) is 4.57 Å². The number of hydrogen-bond acceptors (Lipinski definition) is 4. The van der Waals surface area contributed by atoms with E-state index in [0.717, 1.165) is 17.1 Å². The van der Waals surface area contributed by atoms with E-state index in [1.54, 1.807) is 18.5 Å². The molecule has 3 aromatic heterocycles. The van der Waals surface area contributed by atoms with Gasteiger partial charge in [-0.2, -0.15) is 0 Å². The fraction of sp³-hybridized carbons (Fsp3) is 0.0556. The molecule has 5 nitrogen and oxygen atoms in total. The van der Waals surface area contributed by atoms with Crippen LogP contribution in [-0.2, 0) is 6.42 Å². The Bertz CT molecular complexity index is 897. The summed E-state index contributed by atoms with van der Waals surface area (Å²) in [5, 5.41) is 0. The third-order valence-electron chi connectivity index (χ3n) is 3.60. The van der Waals surface area contributed by atoms with Crippen LogP contribution in [0.3, 0.4) is 0 Å². The highest BCUT2D eigenvalue weighted by Gasteiger charge is 2.16. The molecule has 0 fully saturated rings. The zero-order valence-corrected chi connectivity index (χ0v) is 12.3. The average molecular weight is 302 g/mol. The van der Waals surface area contributed by atoms with E-state index < -0.39 is 0 Å². The van der Waals surface area contributed by atoms with Gasteiger partial charge in [0.2, 0.25) is 5.95 Å². The Morgan fingerprint density at radius 3 is 2.52 bits per heavy atom. The molecule has 112 valence electrons. The minimum atomic E-state index is 0.606. The van der Waals surface area contributed by atoms with Gasteiger partial charge in [0.15, 0.2) is 12.2 Å². The number of rotatable bonds is 4. The van der Waals surface area contributed by atoms with Gasteiger partial charge in [0.05, 0.1) is 11.4 Å². The van der Waals surface area contributed by atoms with Crippen molar-refractivity contribution >= 4 is 0 Å². The van der Waals surface area contributed by atoms with Crippen molar-refractivity contribution in [1.82, 2.24) is 19.5 Å². The lowest BCUT2D eigenvalue weighted by Gasteiger charge is -2.06. The van der Waals surface area contributed by atoms with Crippen LogP contribution in [0.15, 0.2) is 77.9 Å². The summed E-state index contributed by atoms with van der Waals surface area (Å²) in [6.07, 6.45) is 7.55. The largest absolute Gasteiger partial charge is 0.442 e. The summed E-state index contributed by atoms with van der Waals surface area (Å²) >= 11 is 0. The highest BCUT2D eigenvalue weighted by atomic mass is 16.3. The van der Waals surface area contributed by atoms with Gasteiger partial charge >= 0.3 is 0 Å². The van der Waals surface area contributed by atoms with E-state index in [1.807, 2.05) is 41.1 Å². The molecule has 0 atom stereocenters. The number of aromatic nitrogens is 4. The molecule has 0 saturated carbocycles. The molecular formula is C18H14N4O. The fourth-order valence-electron chi connectivity index (χ4n) is 2.55. The maximum Gasteiger partial charge on any atom is 0.234 e. The molecule has 3 heterocycles. The van der Waals surface area contributed by atoms with Gasteiger partial charge in [0, 0.05) is 25.0 Å². The molecule has 0 bridgehead atoms. The second kappa shape index (κ2) is 5.88. The quantitative estimate of drug-likeness (QED) is 0.579. The molecule has 0 aliphatic carbocycles. The van der Waals surface area contributed by atoms with Crippen LogP contribution in [0.1, 0.15) is 11.3 Å². The monoisotopic (exact) mass is 302 g/mol. The predicted molar refractivity (Wildman–Crippen MR) is 86.1 cm³/mol. The number of hydrogen-bond donors (Lipinski definition) is 0. The van der Waals surface area contributed by atoms with Gasteiger partial charge < -0.3 is 4.42 Å². The summed E-state index contributed by atoms with van der Waals surface area (Å²) in [6.45, 7) is 0. The Labute approximate surface area is 133 Å². The average Bonchev–Trinajstić information content (AvgIpc) is 3.25. The zero-order chi connectivity index (χ0) is 15.5. The van der Waals surface area contributed by atoms with Crippen LogP contribution in [0.4, 0.5) is 0 Å². The number of nitrogens with zero attached hydrogens (tertiary/aromatic N) is 4. The third-order valence-corrected chi connectivity index (χ3v) is 3.60. The van der Waals surface area contributed by atoms with Crippen molar-refractivity contribution in [2.75, 3.05) is 0 Å². The molecular weight excluding hydrogens is 288 g/mol. The fourth-order valence-corrected chi connectivity index (χ4v) is 2.55. The van der Waals surface area contributed by atoms with Crippen molar-refractivity contribution < 1.29 is 4.42 Å². The van der Waals surface area contributed by atoms with E-state index in [4.69, 9.17) is 4.42 Å². The van der Waals surface area contributed by atoms with E-state index in [0.29, 0.717) is 12.4 Å². The van der Waals surface area contributed by atoms with Gasteiger partial charge in [-0.1, -0.05) is 30.3 Å². The van der Waals surface area contributed by atoms with Crippen LogP contribution in [-0.4, -0.2) is 19.5 Å². The summed E-state index contributed by atoms with van der Waals surface area (Å²) in [5.74, 6) is 1.35. The molecule has 5 heteroatoms. The van der Waals surface area contributed by atoms with Crippen LogP contribution in [0.5, 0.6) is 0 Å².